The first-order valence-corrected chi connectivity index (χ1v) is 10.8. The van der Waals surface area contributed by atoms with Gasteiger partial charge in [-0.2, -0.15) is 0 Å². The Bertz CT molecular complexity index is 1370. The van der Waals surface area contributed by atoms with Gasteiger partial charge in [0.2, 0.25) is 0 Å². The number of aromatic nitrogens is 3. The Balaban J connectivity index is 1.62. The molecule has 0 radical (unpaired) electrons. The van der Waals surface area contributed by atoms with Crippen LogP contribution in [-0.2, 0) is 10.0 Å². The second kappa shape index (κ2) is 8.41. The molecule has 4 aromatic rings. The van der Waals surface area contributed by atoms with Gasteiger partial charge in [0.1, 0.15) is 5.52 Å². The lowest BCUT2D eigenvalue weighted by Gasteiger charge is -2.08. The predicted octanol–water partition coefficient (Wildman–Crippen LogP) is 3.82. The molecular weight excluding hydrogens is 416 g/mol. The molecule has 0 aliphatic heterocycles. The van der Waals surface area contributed by atoms with E-state index in [1.54, 1.807) is 36.4 Å². The summed E-state index contributed by atoms with van der Waals surface area (Å²) in [5, 5.41) is 10.8. The Labute approximate surface area is 179 Å². The van der Waals surface area contributed by atoms with Gasteiger partial charge < -0.3 is 9.84 Å². The van der Waals surface area contributed by atoms with Crippen LogP contribution in [0.3, 0.4) is 0 Å². The molecule has 9 heteroatoms. The average molecular weight is 434 g/mol. The van der Waals surface area contributed by atoms with Crippen molar-refractivity contribution in [3.8, 4) is 22.8 Å². The average Bonchev–Trinajstić information content (AvgIpc) is 2.78. The number of benzene rings is 2. The lowest BCUT2D eigenvalue weighted by atomic mass is 10.1. The van der Waals surface area contributed by atoms with Crippen molar-refractivity contribution in [3.05, 3.63) is 77.8 Å². The van der Waals surface area contributed by atoms with Crippen LogP contribution >= 0.6 is 0 Å². The van der Waals surface area contributed by atoms with Crippen LogP contribution in [0.2, 0.25) is 0 Å². The van der Waals surface area contributed by atoms with Crippen molar-refractivity contribution in [2.45, 2.75) is 0 Å². The van der Waals surface area contributed by atoms with E-state index in [4.69, 9.17) is 4.74 Å². The van der Waals surface area contributed by atoms with E-state index >= 15 is 0 Å². The van der Waals surface area contributed by atoms with Crippen LogP contribution in [0.15, 0.2) is 72.3 Å². The third kappa shape index (κ3) is 4.78. The molecule has 2 N–H and O–H groups in total. The van der Waals surface area contributed by atoms with E-state index in [2.05, 4.69) is 19.7 Å². The normalized spacial score (nSPS) is 11.6. The number of sulfonamides is 1. The van der Waals surface area contributed by atoms with Crippen LogP contribution in [0, 0.1) is 0 Å². The molecule has 4 rings (SSSR count). The fourth-order valence-corrected chi connectivity index (χ4v) is 3.65. The molecule has 0 atom stereocenters. The molecule has 2 aromatic heterocycles. The molecule has 8 nitrogen and oxygen atoms in total. The minimum absolute atomic E-state index is 0.0204. The van der Waals surface area contributed by atoms with Crippen molar-refractivity contribution in [1.82, 2.24) is 15.0 Å². The number of ether oxygens (including phenoxy) is 1. The number of anilines is 1. The lowest BCUT2D eigenvalue weighted by molar-refractivity contribution is 0.373. The number of fused-ring (bicyclic) bond motifs is 1. The molecule has 0 fully saturated rings. The maximum atomic E-state index is 12.4. The summed E-state index contributed by atoms with van der Waals surface area (Å²) in [7, 11) is -2.32. The molecule has 0 saturated carbocycles. The molecule has 2 aromatic carbocycles. The van der Waals surface area contributed by atoms with Crippen molar-refractivity contribution in [1.29, 1.82) is 0 Å². The molecule has 0 aliphatic rings. The molecule has 156 valence electrons. The molecule has 2 heterocycles. The Morgan fingerprint density at radius 3 is 2.61 bits per heavy atom. The standard InChI is InChI=1S/C22H18N4O4S/c1-30-20-13-16(7-10-19(20)27)17-8-9-18-22(24-17)25-21(14-23-18)26-31(28,29)12-11-15-5-3-2-4-6-15/h2-14,27H,1H3,(H,24,25,26)/b12-11+. The highest BCUT2D eigenvalue weighted by Crippen LogP contribution is 2.31. The van der Waals surface area contributed by atoms with Crippen LogP contribution in [0.4, 0.5) is 5.82 Å². The number of hydrogen-bond acceptors (Lipinski definition) is 7. The van der Waals surface area contributed by atoms with Crippen molar-refractivity contribution < 1.29 is 18.3 Å². The summed E-state index contributed by atoms with van der Waals surface area (Å²) in [5.41, 5.74) is 2.82. The van der Waals surface area contributed by atoms with Gasteiger partial charge in [-0.15, -0.1) is 0 Å². The van der Waals surface area contributed by atoms with Gasteiger partial charge in [-0.05, 0) is 42.0 Å². The van der Waals surface area contributed by atoms with Gasteiger partial charge in [0.25, 0.3) is 10.0 Å². The predicted molar refractivity (Wildman–Crippen MR) is 119 cm³/mol. The zero-order valence-corrected chi connectivity index (χ0v) is 17.2. The van der Waals surface area contributed by atoms with Gasteiger partial charge in [0.15, 0.2) is 23.0 Å². The van der Waals surface area contributed by atoms with E-state index in [1.807, 2.05) is 18.2 Å². The minimum atomic E-state index is -3.78. The quantitative estimate of drug-likeness (QED) is 0.474. The number of hydrogen-bond donors (Lipinski definition) is 2. The molecular formula is C22H18N4O4S. The summed E-state index contributed by atoms with van der Waals surface area (Å²) in [6.07, 6.45) is 2.83. The fraction of sp³-hybridized carbons (Fsp3) is 0.0455. The molecule has 0 spiro atoms. The number of phenols is 1. The summed E-state index contributed by atoms with van der Waals surface area (Å²) in [6, 6.07) is 17.4. The number of nitrogens with zero attached hydrogens (tertiary/aromatic N) is 3. The van der Waals surface area contributed by atoms with Gasteiger partial charge in [-0.1, -0.05) is 30.3 Å². The van der Waals surface area contributed by atoms with Crippen molar-refractivity contribution in [2.24, 2.45) is 0 Å². The second-order valence-electron chi connectivity index (χ2n) is 6.54. The Morgan fingerprint density at radius 1 is 1.03 bits per heavy atom. The maximum Gasteiger partial charge on any atom is 0.256 e. The summed E-state index contributed by atoms with van der Waals surface area (Å²) in [4.78, 5) is 13.0. The highest BCUT2D eigenvalue weighted by Gasteiger charge is 2.11. The highest BCUT2D eigenvalue weighted by atomic mass is 32.2. The van der Waals surface area contributed by atoms with E-state index in [1.165, 1.54) is 25.4 Å². The zero-order valence-electron chi connectivity index (χ0n) is 16.4. The summed E-state index contributed by atoms with van der Waals surface area (Å²) >= 11 is 0. The topological polar surface area (TPSA) is 114 Å². The van der Waals surface area contributed by atoms with E-state index in [0.717, 1.165) is 11.0 Å². The minimum Gasteiger partial charge on any atom is -0.504 e. The van der Waals surface area contributed by atoms with E-state index in [9.17, 15) is 13.5 Å². The SMILES string of the molecule is COc1cc(-c2ccc3ncc(NS(=O)(=O)/C=C/c4ccccc4)nc3n2)ccc1O. The van der Waals surface area contributed by atoms with Crippen LogP contribution < -0.4 is 9.46 Å². The third-order valence-electron chi connectivity index (χ3n) is 4.37. The highest BCUT2D eigenvalue weighted by molar-refractivity contribution is 7.95. The van der Waals surface area contributed by atoms with Crippen LogP contribution in [0.5, 0.6) is 11.5 Å². The Kier molecular flexibility index (Phi) is 5.50. The fourth-order valence-electron chi connectivity index (χ4n) is 2.86. The molecule has 31 heavy (non-hydrogen) atoms. The Hall–Kier alpha value is -3.98. The van der Waals surface area contributed by atoms with Crippen LogP contribution in [0.1, 0.15) is 5.56 Å². The number of phenolic OH excluding ortho intramolecular Hbond substituents is 1. The van der Waals surface area contributed by atoms with Crippen molar-refractivity contribution in [3.63, 3.8) is 0 Å². The van der Waals surface area contributed by atoms with Crippen molar-refractivity contribution >= 4 is 33.1 Å². The molecule has 0 aliphatic carbocycles. The third-order valence-corrected chi connectivity index (χ3v) is 5.36. The van der Waals surface area contributed by atoms with Gasteiger partial charge in [-0.3, -0.25) is 4.72 Å². The van der Waals surface area contributed by atoms with Crippen LogP contribution in [-0.4, -0.2) is 35.6 Å². The van der Waals surface area contributed by atoms with E-state index in [-0.39, 0.29) is 17.2 Å². The monoisotopic (exact) mass is 434 g/mol. The smallest absolute Gasteiger partial charge is 0.256 e. The molecule has 0 bridgehead atoms. The second-order valence-corrected chi connectivity index (χ2v) is 8.11. The zero-order chi connectivity index (χ0) is 21.8. The number of pyridine rings is 1. The van der Waals surface area contributed by atoms with Gasteiger partial charge in [-0.25, -0.2) is 23.4 Å². The first-order chi connectivity index (χ1) is 14.9. The summed E-state index contributed by atoms with van der Waals surface area (Å²) in [6.45, 7) is 0. The maximum absolute atomic E-state index is 12.4. The molecule has 0 saturated heterocycles. The van der Waals surface area contributed by atoms with Gasteiger partial charge >= 0.3 is 0 Å². The first-order valence-electron chi connectivity index (χ1n) is 9.21. The summed E-state index contributed by atoms with van der Waals surface area (Å²) < 4.78 is 32.3. The first kappa shape index (κ1) is 20.3. The largest absolute Gasteiger partial charge is 0.504 e. The Morgan fingerprint density at radius 2 is 1.84 bits per heavy atom. The molecule has 0 unspecified atom stereocenters. The van der Waals surface area contributed by atoms with Gasteiger partial charge in [0.05, 0.1) is 24.4 Å². The van der Waals surface area contributed by atoms with Crippen LogP contribution in [0.25, 0.3) is 28.5 Å². The van der Waals surface area contributed by atoms with Gasteiger partial charge in [0, 0.05) is 5.56 Å². The number of rotatable bonds is 6. The number of methoxy groups -OCH3 is 1. The molecule has 0 amide bonds. The lowest BCUT2D eigenvalue weighted by Crippen LogP contribution is -2.10. The number of nitrogens with one attached hydrogen (secondary N) is 1. The number of aromatic hydroxyl groups is 1. The van der Waals surface area contributed by atoms with E-state index < -0.39 is 10.0 Å². The van der Waals surface area contributed by atoms with Crippen molar-refractivity contribution in [2.75, 3.05) is 11.8 Å². The summed E-state index contributed by atoms with van der Waals surface area (Å²) in [5.74, 6) is 0.391. The van der Waals surface area contributed by atoms with E-state index in [0.29, 0.717) is 22.5 Å².